The van der Waals surface area contributed by atoms with E-state index in [2.05, 4.69) is 24.5 Å². The van der Waals surface area contributed by atoms with Crippen molar-refractivity contribution in [1.29, 1.82) is 0 Å². The molecule has 82 valence electrons. The van der Waals surface area contributed by atoms with Gasteiger partial charge in [0.2, 0.25) is 0 Å². The third-order valence-corrected chi connectivity index (χ3v) is 2.87. The van der Waals surface area contributed by atoms with E-state index in [1.165, 1.54) is 0 Å². The summed E-state index contributed by atoms with van der Waals surface area (Å²) in [5.74, 6) is 0. The van der Waals surface area contributed by atoms with Crippen molar-refractivity contribution in [2.45, 2.75) is 38.1 Å². The van der Waals surface area contributed by atoms with E-state index in [-0.39, 0.29) is 12.2 Å². The van der Waals surface area contributed by atoms with E-state index in [1.807, 2.05) is 0 Å². The fourth-order valence-electron chi connectivity index (χ4n) is 1.88. The smallest absolute Gasteiger partial charge is 0.0974 e. The summed E-state index contributed by atoms with van der Waals surface area (Å²) in [5, 5.41) is 6.82. The van der Waals surface area contributed by atoms with E-state index in [4.69, 9.17) is 9.47 Å². The summed E-state index contributed by atoms with van der Waals surface area (Å²) in [7, 11) is 0. The second-order valence-corrected chi connectivity index (χ2v) is 4.36. The van der Waals surface area contributed by atoms with Gasteiger partial charge in [-0.25, -0.2) is 0 Å². The molecule has 4 nitrogen and oxygen atoms in total. The molecular formula is C10H20N2O2. The molecule has 0 amide bonds. The van der Waals surface area contributed by atoms with Crippen LogP contribution in [0, 0.1) is 0 Å². The highest BCUT2D eigenvalue weighted by Gasteiger charge is 2.29. The van der Waals surface area contributed by atoms with Crippen molar-refractivity contribution >= 4 is 0 Å². The first-order chi connectivity index (χ1) is 6.75. The fraction of sp³-hybridized carbons (Fsp3) is 1.00. The lowest BCUT2D eigenvalue weighted by Gasteiger charge is -2.37. The van der Waals surface area contributed by atoms with Gasteiger partial charge in [-0.3, -0.25) is 0 Å². The van der Waals surface area contributed by atoms with Crippen LogP contribution in [0.25, 0.3) is 0 Å². The van der Waals surface area contributed by atoms with E-state index in [0.717, 1.165) is 26.3 Å². The van der Waals surface area contributed by atoms with Crippen LogP contribution in [0.3, 0.4) is 0 Å². The van der Waals surface area contributed by atoms with Crippen molar-refractivity contribution in [3.63, 3.8) is 0 Å². The maximum absolute atomic E-state index is 5.74. The molecule has 0 spiro atoms. The number of rotatable bonds is 1. The first-order valence-electron chi connectivity index (χ1n) is 5.45. The predicted molar refractivity (Wildman–Crippen MR) is 54.4 cm³/mol. The molecular weight excluding hydrogens is 180 g/mol. The van der Waals surface area contributed by atoms with Crippen LogP contribution in [0.4, 0.5) is 0 Å². The highest BCUT2D eigenvalue weighted by atomic mass is 16.5. The predicted octanol–water partition coefficient (Wildman–Crippen LogP) is -0.260. The summed E-state index contributed by atoms with van der Waals surface area (Å²) in [6.07, 6.45) is 0.428. The molecule has 2 heterocycles. The first kappa shape index (κ1) is 10.4. The monoisotopic (exact) mass is 200 g/mol. The van der Waals surface area contributed by atoms with Gasteiger partial charge < -0.3 is 20.1 Å². The van der Waals surface area contributed by atoms with Gasteiger partial charge in [0.15, 0.2) is 0 Å². The largest absolute Gasteiger partial charge is 0.373 e. The topological polar surface area (TPSA) is 42.5 Å². The van der Waals surface area contributed by atoms with Crippen LogP contribution in [0.15, 0.2) is 0 Å². The Morgan fingerprint density at radius 2 is 1.29 bits per heavy atom. The molecule has 0 radical (unpaired) electrons. The van der Waals surface area contributed by atoms with Crippen molar-refractivity contribution in [3.05, 3.63) is 0 Å². The Morgan fingerprint density at radius 3 is 1.57 bits per heavy atom. The van der Waals surface area contributed by atoms with Crippen LogP contribution >= 0.6 is 0 Å². The normalized spacial score (nSPS) is 45.0. The van der Waals surface area contributed by atoms with Gasteiger partial charge in [0, 0.05) is 25.2 Å². The first-order valence-corrected chi connectivity index (χ1v) is 5.45. The summed E-state index contributed by atoms with van der Waals surface area (Å²) in [6.45, 7) is 7.67. The minimum atomic E-state index is 0.214. The zero-order valence-electron chi connectivity index (χ0n) is 8.95. The average molecular weight is 200 g/mol. The molecule has 2 rings (SSSR count). The van der Waals surface area contributed by atoms with Crippen molar-refractivity contribution in [2.24, 2.45) is 0 Å². The summed E-state index contributed by atoms with van der Waals surface area (Å²) in [6, 6.07) is 0.948. The number of hydrogen-bond donors (Lipinski definition) is 2. The lowest BCUT2D eigenvalue weighted by molar-refractivity contribution is -0.108. The second-order valence-electron chi connectivity index (χ2n) is 4.36. The minimum absolute atomic E-state index is 0.214. The Bertz CT molecular complexity index is 153. The molecule has 2 fully saturated rings. The molecule has 4 heteroatoms. The second kappa shape index (κ2) is 4.57. The zero-order chi connectivity index (χ0) is 9.97. The SMILES string of the molecule is C[C@H]1CO[C@H]([C@@H]2CN[C@@H](C)CO2)CN1. The lowest BCUT2D eigenvalue weighted by atomic mass is 10.1. The molecule has 2 aliphatic rings. The Morgan fingerprint density at radius 1 is 0.857 bits per heavy atom. The van der Waals surface area contributed by atoms with E-state index in [0.29, 0.717) is 12.1 Å². The number of ether oxygens (including phenoxy) is 2. The lowest BCUT2D eigenvalue weighted by Crippen LogP contribution is -2.56. The summed E-state index contributed by atoms with van der Waals surface area (Å²) in [4.78, 5) is 0. The van der Waals surface area contributed by atoms with Crippen LogP contribution in [0.1, 0.15) is 13.8 Å². The molecule has 0 aliphatic carbocycles. The quantitative estimate of drug-likeness (QED) is 0.612. The van der Waals surface area contributed by atoms with Gasteiger partial charge in [-0.2, -0.15) is 0 Å². The zero-order valence-corrected chi connectivity index (χ0v) is 8.95. The van der Waals surface area contributed by atoms with Gasteiger partial charge in [-0.05, 0) is 13.8 Å². The Hall–Kier alpha value is -0.160. The van der Waals surface area contributed by atoms with Crippen LogP contribution < -0.4 is 10.6 Å². The molecule has 0 aromatic heterocycles. The van der Waals surface area contributed by atoms with E-state index in [9.17, 15) is 0 Å². The van der Waals surface area contributed by atoms with Gasteiger partial charge in [-0.1, -0.05) is 0 Å². The summed E-state index contributed by atoms with van der Waals surface area (Å²) in [5.41, 5.74) is 0. The number of morpholine rings is 2. The van der Waals surface area contributed by atoms with Gasteiger partial charge in [-0.15, -0.1) is 0 Å². The molecule has 2 N–H and O–H groups in total. The van der Waals surface area contributed by atoms with Gasteiger partial charge in [0.05, 0.1) is 25.4 Å². The number of hydrogen-bond acceptors (Lipinski definition) is 4. The number of nitrogens with one attached hydrogen (secondary N) is 2. The van der Waals surface area contributed by atoms with Crippen LogP contribution in [0.5, 0.6) is 0 Å². The third-order valence-electron chi connectivity index (χ3n) is 2.87. The van der Waals surface area contributed by atoms with E-state index < -0.39 is 0 Å². The molecule has 14 heavy (non-hydrogen) atoms. The van der Waals surface area contributed by atoms with E-state index in [1.54, 1.807) is 0 Å². The van der Waals surface area contributed by atoms with Crippen molar-refractivity contribution in [2.75, 3.05) is 26.3 Å². The Balaban J connectivity index is 1.78. The molecule has 0 unspecified atom stereocenters. The third kappa shape index (κ3) is 2.45. The molecule has 0 bridgehead atoms. The van der Waals surface area contributed by atoms with Crippen LogP contribution in [-0.2, 0) is 9.47 Å². The van der Waals surface area contributed by atoms with Crippen LogP contribution in [0.2, 0.25) is 0 Å². The summed E-state index contributed by atoms with van der Waals surface area (Å²) >= 11 is 0. The standard InChI is InChI=1S/C10H20N2O2/c1-7-5-13-9(3-11-7)10-4-12-8(2)6-14-10/h7-12H,3-6H2,1-2H3/t7-,8-,9-,10-/m0/s1. The van der Waals surface area contributed by atoms with Crippen molar-refractivity contribution in [1.82, 2.24) is 10.6 Å². The molecule has 0 saturated carbocycles. The highest BCUT2D eigenvalue weighted by Crippen LogP contribution is 2.11. The van der Waals surface area contributed by atoms with Crippen LogP contribution in [-0.4, -0.2) is 50.6 Å². The van der Waals surface area contributed by atoms with Gasteiger partial charge >= 0.3 is 0 Å². The summed E-state index contributed by atoms with van der Waals surface area (Å²) < 4.78 is 11.5. The Kier molecular flexibility index (Phi) is 3.38. The minimum Gasteiger partial charge on any atom is -0.373 e. The average Bonchev–Trinajstić information content (AvgIpc) is 2.21. The van der Waals surface area contributed by atoms with Gasteiger partial charge in [0.1, 0.15) is 0 Å². The highest BCUT2D eigenvalue weighted by molar-refractivity contribution is 4.84. The molecule has 2 saturated heterocycles. The fourth-order valence-corrected chi connectivity index (χ4v) is 1.88. The molecule has 0 aromatic rings. The Labute approximate surface area is 85.3 Å². The molecule has 4 atom stereocenters. The van der Waals surface area contributed by atoms with Crippen molar-refractivity contribution in [3.8, 4) is 0 Å². The molecule has 0 aromatic carbocycles. The maximum atomic E-state index is 5.74. The maximum Gasteiger partial charge on any atom is 0.0974 e. The van der Waals surface area contributed by atoms with E-state index >= 15 is 0 Å². The van der Waals surface area contributed by atoms with Crippen molar-refractivity contribution < 1.29 is 9.47 Å². The molecule has 2 aliphatic heterocycles. The van der Waals surface area contributed by atoms with Gasteiger partial charge in [0.25, 0.3) is 0 Å².